The third-order valence-corrected chi connectivity index (χ3v) is 5.79. The summed E-state index contributed by atoms with van der Waals surface area (Å²) in [6, 6.07) is 7.22. The van der Waals surface area contributed by atoms with Crippen LogP contribution in [0.4, 0.5) is 4.39 Å². The van der Waals surface area contributed by atoms with Gasteiger partial charge in [0.25, 0.3) is 0 Å². The predicted molar refractivity (Wildman–Crippen MR) is 90.7 cm³/mol. The van der Waals surface area contributed by atoms with E-state index in [0.717, 1.165) is 16.4 Å². The Morgan fingerprint density at radius 2 is 1.73 bits per heavy atom. The van der Waals surface area contributed by atoms with Crippen molar-refractivity contribution in [3.05, 3.63) is 41.7 Å². The molecule has 0 amide bonds. The summed E-state index contributed by atoms with van der Waals surface area (Å²) in [5.74, 6) is 0.474. The van der Waals surface area contributed by atoms with E-state index in [4.69, 9.17) is 18.9 Å². The Bertz CT molecular complexity index is 931. The number of benzene rings is 2. The fourth-order valence-electron chi connectivity index (χ4n) is 2.58. The SMILES string of the molecule is COc1cc(F)c(S(=O)(=O)N(C)Cc2ccc3c(c2)OCO3)cc1OC. The molecule has 7 nitrogen and oxygen atoms in total. The summed E-state index contributed by atoms with van der Waals surface area (Å²) >= 11 is 0. The number of rotatable bonds is 6. The van der Waals surface area contributed by atoms with Gasteiger partial charge in [-0.05, 0) is 17.7 Å². The summed E-state index contributed by atoms with van der Waals surface area (Å²) in [6.45, 7) is 0.163. The van der Waals surface area contributed by atoms with Gasteiger partial charge < -0.3 is 18.9 Å². The molecule has 0 aliphatic carbocycles. The van der Waals surface area contributed by atoms with E-state index in [-0.39, 0.29) is 24.8 Å². The molecule has 0 radical (unpaired) electrons. The number of halogens is 1. The maximum absolute atomic E-state index is 14.4. The second-order valence-electron chi connectivity index (χ2n) is 5.59. The van der Waals surface area contributed by atoms with Crippen LogP contribution >= 0.6 is 0 Å². The van der Waals surface area contributed by atoms with Crippen molar-refractivity contribution < 1.29 is 31.8 Å². The lowest BCUT2D eigenvalue weighted by atomic mass is 10.2. The Morgan fingerprint density at radius 3 is 2.42 bits per heavy atom. The first-order valence-corrected chi connectivity index (χ1v) is 9.07. The van der Waals surface area contributed by atoms with E-state index in [0.29, 0.717) is 17.1 Å². The summed E-state index contributed by atoms with van der Waals surface area (Å²) in [7, 11) is -0.0235. The lowest BCUT2D eigenvalue weighted by Gasteiger charge is -2.19. The van der Waals surface area contributed by atoms with E-state index >= 15 is 0 Å². The molecule has 2 aromatic carbocycles. The first-order chi connectivity index (χ1) is 12.4. The van der Waals surface area contributed by atoms with Crippen molar-refractivity contribution in [2.75, 3.05) is 28.1 Å². The molecule has 9 heteroatoms. The topological polar surface area (TPSA) is 74.3 Å². The van der Waals surface area contributed by atoms with Gasteiger partial charge in [0.1, 0.15) is 10.7 Å². The predicted octanol–water partition coefficient (Wildman–Crippen LogP) is 2.39. The van der Waals surface area contributed by atoms with Crippen molar-refractivity contribution in [3.63, 3.8) is 0 Å². The first-order valence-electron chi connectivity index (χ1n) is 7.63. The van der Waals surface area contributed by atoms with E-state index in [9.17, 15) is 12.8 Å². The Labute approximate surface area is 150 Å². The van der Waals surface area contributed by atoms with Gasteiger partial charge in [-0.2, -0.15) is 4.31 Å². The van der Waals surface area contributed by atoms with E-state index in [1.165, 1.54) is 21.3 Å². The summed E-state index contributed by atoms with van der Waals surface area (Å²) < 4.78 is 61.6. The smallest absolute Gasteiger partial charge is 0.246 e. The number of sulfonamides is 1. The lowest BCUT2D eigenvalue weighted by Crippen LogP contribution is -2.27. The van der Waals surface area contributed by atoms with Crippen LogP contribution in [0.15, 0.2) is 35.2 Å². The molecular formula is C17H18FNO6S. The van der Waals surface area contributed by atoms with Crippen molar-refractivity contribution in [1.29, 1.82) is 0 Å². The largest absolute Gasteiger partial charge is 0.493 e. The standard InChI is InChI=1S/C17H18FNO6S/c1-19(9-11-4-5-13-16(6-11)25-10-24-13)26(20,21)17-8-15(23-3)14(22-2)7-12(17)18/h4-8H,9-10H2,1-3H3. The van der Waals surface area contributed by atoms with Gasteiger partial charge in [0, 0.05) is 25.7 Å². The molecule has 1 aliphatic heterocycles. The average molecular weight is 383 g/mol. The van der Waals surface area contributed by atoms with Crippen LogP contribution in [-0.4, -0.2) is 40.8 Å². The van der Waals surface area contributed by atoms with Gasteiger partial charge >= 0.3 is 0 Å². The van der Waals surface area contributed by atoms with Crippen LogP contribution in [0.3, 0.4) is 0 Å². The molecular weight excluding hydrogens is 365 g/mol. The zero-order valence-electron chi connectivity index (χ0n) is 14.5. The van der Waals surface area contributed by atoms with Gasteiger partial charge in [0.2, 0.25) is 16.8 Å². The van der Waals surface area contributed by atoms with Crippen LogP contribution in [-0.2, 0) is 16.6 Å². The number of ether oxygens (including phenoxy) is 4. The summed E-state index contributed by atoms with van der Waals surface area (Å²) in [5, 5.41) is 0. The Kier molecular flexibility index (Phi) is 4.92. The summed E-state index contributed by atoms with van der Waals surface area (Å²) in [6.07, 6.45) is 0. The molecule has 0 saturated heterocycles. The van der Waals surface area contributed by atoms with Crippen molar-refractivity contribution >= 4 is 10.0 Å². The second-order valence-corrected chi connectivity index (χ2v) is 7.60. The van der Waals surface area contributed by atoms with E-state index in [2.05, 4.69) is 0 Å². The zero-order chi connectivity index (χ0) is 18.9. The molecule has 1 heterocycles. The van der Waals surface area contributed by atoms with E-state index in [1.807, 2.05) is 0 Å². The summed E-state index contributed by atoms with van der Waals surface area (Å²) in [5.41, 5.74) is 0.682. The maximum Gasteiger partial charge on any atom is 0.246 e. The zero-order valence-corrected chi connectivity index (χ0v) is 15.3. The molecule has 2 aromatic rings. The highest BCUT2D eigenvalue weighted by Crippen LogP contribution is 2.35. The van der Waals surface area contributed by atoms with E-state index < -0.39 is 20.7 Å². The quantitative estimate of drug-likeness (QED) is 0.763. The molecule has 26 heavy (non-hydrogen) atoms. The van der Waals surface area contributed by atoms with Crippen LogP contribution < -0.4 is 18.9 Å². The van der Waals surface area contributed by atoms with Gasteiger partial charge in [0.05, 0.1) is 14.2 Å². The van der Waals surface area contributed by atoms with Crippen molar-refractivity contribution in [2.24, 2.45) is 0 Å². The van der Waals surface area contributed by atoms with Crippen LogP contribution in [0.25, 0.3) is 0 Å². The molecule has 0 N–H and O–H groups in total. The van der Waals surface area contributed by atoms with E-state index in [1.54, 1.807) is 18.2 Å². The molecule has 0 saturated carbocycles. The minimum Gasteiger partial charge on any atom is -0.493 e. The van der Waals surface area contributed by atoms with Gasteiger partial charge in [-0.3, -0.25) is 0 Å². The lowest BCUT2D eigenvalue weighted by molar-refractivity contribution is 0.174. The Hall–Kier alpha value is -2.52. The molecule has 0 unspecified atom stereocenters. The number of fused-ring (bicyclic) bond motifs is 1. The maximum atomic E-state index is 14.4. The third kappa shape index (κ3) is 3.27. The molecule has 0 aromatic heterocycles. The highest BCUT2D eigenvalue weighted by Gasteiger charge is 2.27. The minimum atomic E-state index is -4.09. The average Bonchev–Trinajstić information content (AvgIpc) is 3.08. The highest BCUT2D eigenvalue weighted by molar-refractivity contribution is 7.89. The molecule has 0 fully saturated rings. The number of nitrogens with zero attached hydrogens (tertiary/aromatic N) is 1. The number of hydrogen-bond acceptors (Lipinski definition) is 6. The molecule has 1 aliphatic rings. The molecule has 0 bridgehead atoms. The highest BCUT2D eigenvalue weighted by atomic mass is 32.2. The van der Waals surface area contributed by atoms with Crippen LogP contribution in [0.1, 0.15) is 5.56 Å². The Balaban J connectivity index is 1.90. The van der Waals surface area contributed by atoms with Gasteiger partial charge in [0.15, 0.2) is 23.0 Å². The fraction of sp³-hybridized carbons (Fsp3) is 0.294. The van der Waals surface area contributed by atoms with Crippen molar-refractivity contribution in [1.82, 2.24) is 4.31 Å². The number of methoxy groups -OCH3 is 2. The van der Waals surface area contributed by atoms with Crippen molar-refractivity contribution in [2.45, 2.75) is 11.4 Å². The van der Waals surface area contributed by atoms with Crippen LogP contribution in [0, 0.1) is 5.82 Å². The Morgan fingerprint density at radius 1 is 1.08 bits per heavy atom. The molecule has 0 spiro atoms. The normalized spacial score (nSPS) is 13.1. The monoisotopic (exact) mass is 383 g/mol. The second kappa shape index (κ2) is 7.00. The molecule has 140 valence electrons. The third-order valence-electron chi connectivity index (χ3n) is 3.97. The van der Waals surface area contributed by atoms with Gasteiger partial charge in [-0.15, -0.1) is 0 Å². The van der Waals surface area contributed by atoms with Gasteiger partial charge in [-0.1, -0.05) is 6.07 Å². The van der Waals surface area contributed by atoms with Crippen molar-refractivity contribution in [3.8, 4) is 23.0 Å². The van der Waals surface area contributed by atoms with Crippen LogP contribution in [0.2, 0.25) is 0 Å². The first kappa shape index (κ1) is 18.3. The summed E-state index contributed by atoms with van der Waals surface area (Å²) in [4.78, 5) is -0.488. The molecule has 3 rings (SSSR count). The fourth-order valence-corrected chi connectivity index (χ4v) is 3.80. The number of hydrogen-bond donors (Lipinski definition) is 0. The molecule has 0 atom stereocenters. The minimum absolute atomic E-state index is 0.0345. The van der Waals surface area contributed by atoms with Crippen LogP contribution in [0.5, 0.6) is 23.0 Å². The van der Waals surface area contributed by atoms with Gasteiger partial charge in [-0.25, -0.2) is 12.8 Å².